The first-order valence-corrected chi connectivity index (χ1v) is 6.04. The topological polar surface area (TPSA) is 74.6 Å². The number of allylic oxidation sites excluding steroid dienone is 1. The second-order valence-corrected chi connectivity index (χ2v) is 4.85. The van der Waals surface area contributed by atoms with Crippen LogP contribution < -0.4 is 0 Å². The fourth-order valence-corrected chi connectivity index (χ4v) is 1.74. The quantitative estimate of drug-likeness (QED) is 0.773. The molecule has 1 rings (SSSR count). The second kappa shape index (κ2) is 6.18. The minimum atomic E-state index is -1.38. The highest BCUT2D eigenvalue weighted by Crippen LogP contribution is 2.26. The molecule has 0 aliphatic carbocycles. The molecule has 0 spiro atoms. The number of aliphatic carboxylic acids is 2. The predicted octanol–water partition coefficient (Wildman–Crippen LogP) is 2.91. The van der Waals surface area contributed by atoms with E-state index in [1.54, 1.807) is 6.08 Å². The maximum atomic E-state index is 11.2. The summed E-state index contributed by atoms with van der Waals surface area (Å²) in [6.07, 6.45) is 2.79. The normalized spacial score (nSPS) is 15.9. The number of benzene rings is 1. The molecule has 0 bridgehead atoms. The fourth-order valence-electron chi connectivity index (χ4n) is 1.74. The lowest BCUT2D eigenvalue weighted by molar-refractivity contribution is -0.151. The monoisotopic (exact) mass is 262 g/mol. The second-order valence-electron chi connectivity index (χ2n) is 4.85. The summed E-state index contributed by atoms with van der Waals surface area (Å²) >= 11 is 0. The van der Waals surface area contributed by atoms with Crippen LogP contribution in [0.4, 0.5) is 0 Å². The average molecular weight is 262 g/mol. The van der Waals surface area contributed by atoms with Crippen molar-refractivity contribution < 1.29 is 19.8 Å². The van der Waals surface area contributed by atoms with Crippen molar-refractivity contribution in [3.8, 4) is 0 Å². The standard InChI is InChI=1S/C15H18O4/c1-11(12-6-4-3-5-7-12)8-9-15(2,14(18)19)10-13(16)17/h3-9,11H,10H2,1-2H3,(H,16,17)(H,18,19). The average Bonchev–Trinajstić information content (AvgIpc) is 2.36. The van der Waals surface area contributed by atoms with Gasteiger partial charge in [-0.15, -0.1) is 0 Å². The summed E-state index contributed by atoms with van der Waals surface area (Å²) in [5.74, 6) is -2.22. The first-order valence-electron chi connectivity index (χ1n) is 6.04. The Morgan fingerprint density at radius 3 is 2.32 bits per heavy atom. The van der Waals surface area contributed by atoms with Gasteiger partial charge in [-0.3, -0.25) is 9.59 Å². The van der Waals surface area contributed by atoms with Gasteiger partial charge in [-0.25, -0.2) is 0 Å². The van der Waals surface area contributed by atoms with Gasteiger partial charge in [0.2, 0.25) is 0 Å². The largest absolute Gasteiger partial charge is 0.481 e. The Balaban J connectivity index is 2.88. The third kappa shape index (κ3) is 4.25. The number of hydrogen-bond donors (Lipinski definition) is 2. The first-order chi connectivity index (χ1) is 8.85. The van der Waals surface area contributed by atoms with Crippen molar-refractivity contribution in [2.45, 2.75) is 26.2 Å². The highest BCUT2D eigenvalue weighted by molar-refractivity contribution is 5.83. The molecular weight excluding hydrogens is 244 g/mol. The summed E-state index contributed by atoms with van der Waals surface area (Å²) in [5, 5.41) is 17.9. The molecule has 0 amide bonds. The van der Waals surface area contributed by atoms with E-state index in [1.807, 2.05) is 37.3 Å². The van der Waals surface area contributed by atoms with Crippen LogP contribution in [0.5, 0.6) is 0 Å². The van der Waals surface area contributed by atoms with Gasteiger partial charge in [-0.05, 0) is 18.4 Å². The predicted molar refractivity (Wildman–Crippen MR) is 72.0 cm³/mol. The molecule has 0 aromatic heterocycles. The van der Waals surface area contributed by atoms with Crippen LogP contribution in [-0.2, 0) is 9.59 Å². The molecule has 4 heteroatoms. The summed E-state index contributed by atoms with van der Waals surface area (Å²) in [6, 6.07) is 9.63. The number of rotatable bonds is 6. The van der Waals surface area contributed by atoms with E-state index in [0.717, 1.165) is 5.56 Å². The molecule has 0 saturated carbocycles. The zero-order valence-corrected chi connectivity index (χ0v) is 11.0. The Morgan fingerprint density at radius 2 is 1.84 bits per heavy atom. The molecule has 2 unspecified atom stereocenters. The van der Waals surface area contributed by atoms with Crippen LogP contribution in [0.3, 0.4) is 0 Å². The van der Waals surface area contributed by atoms with Crippen LogP contribution >= 0.6 is 0 Å². The molecule has 0 aliphatic heterocycles. The molecule has 2 atom stereocenters. The Morgan fingerprint density at radius 1 is 1.26 bits per heavy atom. The van der Waals surface area contributed by atoms with Crippen molar-refractivity contribution in [1.29, 1.82) is 0 Å². The van der Waals surface area contributed by atoms with Crippen LogP contribution in [0.2, 0.25) is 0 Å². The van der Waals surface area contributed by atoms with Crippen molar-refractivity contribution in [3.63, 3.8) is 0 Å². The SMILES string of the molecule is CC(C=CC(C)(CC(=O)O)C(=O)O)c1ccccc1. The molecule has 0 radical (unpaired) electrons. The fraction of sp³-hybridized carbons (Fsp3) is 0.333. The third-order valence-corrected chi connectivity index (χ3v) is 3.09. The van der Waals surface area contributed by atoms with Gasteiger partial charge in [0.05, 0.1) is 11.8 Å². The molecule has 102 valence electrons. The van der Waals surface area contributed by atoms with E-state index in [2.05, 4.69) is 0 Å². The van der Waals surface area contributed by atoms with Gasteiger partial charge in [0, 0.05) is 0 Å². The van der Waals surface area contributed by atoms with Gasteiger partial charge >= 0.3 is 11.9 Å². The van der Waals surface area contributed by atoms with Gasteiger partial charge in [0.15, 0.2) is 0 Å². The lowest BCUT2D eigenvalue weighted by Crippen LogP contribution is -2.28. The third-order valence-electron chi connectivity index (χ3n) is 3.09. The number of hydrogen-bond acceptors (Lipinski definition) is 2. The molecule has 1 aromatic carbocycles. The van der Waals surface area contributed by atoms with E-state index >= 15 is 0 Å². The van der Waals surface area contributed by atoms with E-state index in [1.165, 1.54) is 13.0 Å². The number of carboxylic acid groups (broad SMARTS) is 2. The van der Waals surface area contributed by atoms with E-state index in [4.69, 9.17) is 10.2 Å². The van der Waals surface area contributed by atoms with Crippen LogP contribution in [0.25, 0.3) is 0 Å². The van der Waals surface area contributed by atoms with Gasteiger partial charge in [-0.2, -0.15) is 0 Å². The summed E-state index contributed by atoms with van der Waals surface area (Å²) in [7, 11) is 0. The van der Waals surface area contributed by atoms with E-state index in [0.29, 0.717) is 0 Å². The molecular formula is C15H18O4. The van der Waals surface area contributed by atoms with Crippen molar-refractivity contribution in [1.82, 2.24) is 0 Å². The summed E-state index contributed by atoms with van der Waals surface area (Å²) in [6.45, 7) is 3.35. The smallest absolute Gasteiger partial charge is 0.313 e. The molecule has 1 aromatic rings. The molecule has 0 aliphatic rings. The van der Waals surface area contributed by atoms with Gasteiger partial charge in [0.1, 0.15) is 0 Å². The van der Waals surface area contributed by atoms with E-state index in [-0.39, 0.29) is 5.92 Å². The van der Waals surface area contributed by atoms with Gasteiger partial charge in [0.25, 0.3) is 0 Å². The van der Waals surface area contributed by atoms with Crippen LogP contribution in [-0.4, -0.2) is 22.2 Å². The lowest BCUT2D eigenvalue weighted by atomic mass is 9.85. The lowest BCUT2D eigenvalue weighted by Gasteiger charge is -2.19. The maximum absolute atomic E-state index is 11.2. The Hall–Kier alpha value is -2.10. The van der Waals surface area contributed by atoms with Crippen LogP contribution in [0, 0.1) is 5.41 Å². The molecule has 0 fully saturated rings. The number of carbonyl (C=O) groups is 2. The molecule has 2 N–H and O–H groups in total. The van der Waals surface area contributed by atoms with E-state index in [9.17, 15) is 9.59 Å². The summed E-state index contributed by atoms with van der Waals surface area (Å²) in [4.78, 5) is 21.9. The highest BCUT2D eigenvalue weighted by Gasteiger charge is 2.33. The van der Waals surface area contributed by atoms with Crippen molar-refractivity contribution in [3.05, 3.63) is 48.0 Å². The highest BCUT2D eigenvalue weighted by atomic mass is 16.4. The first kappa shape index (κ1) is 15.0. The Labute approximate surface area is 112 Å². The molecule has 19 heavy (non-hydrogen) atoms. The van der Waals surface area contributed by atoms with Crippen molar-refractivity contribution in [2.24, 2.45) is 5.41 Å². The Kier molecular flexibility index (Phi) is 4.87. The maximum Gasteiger partial charge on any atom is 0.313 e. The zero-order valence-electron chi connectivity index (χ0n) is 11.0. The molecule has 0 saturated heterocycles. The molecule has 0 heterocycles. The van der Waals surface area contributed by atoms with Crippen molar-refractivity contribution >= 4 is 11.9 Å². The number of carboxylic acids is 2. The van der Waals surface area contributed by atoms with Crippen LogP contribution in [0.1, 0.15) is 31.7 Å². The van der Waals surface area contributed by atoms with Gasteiger partial charge < -0.3 is 10.2 Å². The Bertz CT molecular complexity index is 478. The van der Waals surface area contributed by atoms with Crippen molar-refractivity contribution in [2.75, 3.05) is 0 Å². The van der Waals surface area contributed by atoms with Gasteiger partial charge in [-0.1, -0.05) is 49.4 Å². The zero-order chi connectivity index (χ0) is 14.5. The van der Waals surface area contributed by atoms with Crippen LogP contribution in [0.15, 0.2) is 42.5 Å². The van der Waals surface area contributed by atoms with E-state index < -0.39 is 23.8 Å². The minimum Gasteiger partial charge on any atom is -0.481 e. The minimum absolute atomic E-state index is 0.0358. The summed E-state index contributed by atoms with van der Waals surface area (Å²) in [5.41, 5.74) is -0.323. The molecule has 4 nitrogen and oxygen atoms in total. The summed E-state index contributed by atoms with van der Waals surface area (Å²) < 4.78 is 0.